The molecule has 4 aromatic rings. The smallest absolute Gasteiger partial charge is 0.323 e. The summed E-state index contributed by atoms with van der Waals surface area (Å²) in [7, 11) is 0. The van der Waals surface area contributed by atoms with E-state index in [2.05, 4.69) is 25.9 Å². The van der Waals surface area contributed by atoms with Crippen LogP contribution in [-0.4, -0.2) is 26.0 Å². The molecule has 8 nitrogen and oxygen atoms in total. The highest BCUT2D eigenvalue weighted by molar-refractivity contribution is 6.00. The summed E-state index contributed by atoms with van der Waals surface area (Å²) >= 11 is 0. The average molecular weight is 428 g/mol. The number of carbonyl (C=O) groups is 1. The van der Waals surface area contributed by atoms with Crippen molar-refractivity contribution < 1.29 is 9.53 Å². The van der Waals surface area contributed by atoms with Crippen molar-refractivity contribution in [2.75, 3.05) is 10.6 Å². The van der Waals surface area contributed by atoms with Crippen LogP contribution in [0.1, 0.15) is 22.5 Å². The summed E-state index contributed by atoms with van der Waals surface area (Å²) in [5, 5.41) is 18.4. The number of carbonyl (C=O) groups excluding carboxylic acids is 1. The summed E-state index contributed by atoms with van der Waals surface area (Å²) in [4.78, 5) is 12.3. The number of nitrogens with zero attached hydrogens (tertiary/aromatic N) is 4. The molecule has 0 radical (unpaired) electrons. The molecule has 32 heavy (non-hydrogen) atoms. The molecule has 0 spiro atoms. The molecular formula is C24H24N6O2. The van der Waals surface area contributed by atoms with Crippen molar-refractivity contribution in [3.8, 4) is 17.4 Å². The van der Waals surface area contributed by atoms with Crippen LogP contribution in [0.15, 0.2) is 60.7 Å². The maximum absolute atomic E-state index is 12.3. The van der Waals surface area contributed by atoms with E-state index in [-0.39, 0.29) is 6.03 Å². The van der Waals surface area contributed by atoms with Crippen molar-refractivity contribution in [2.45, 2.75) is 27.7 Å². The fraction of sp³-hybridized carbons (Fsp3) is 0.167. The molecule has 0 bridgehead atoms. The molecule has 0 fully saturated rings. The van der Waals surface area contributed by atoms with E-state index in [1.807, 2.05) is 52.0 Å². The third-order valence-corrected chi connectivity index (χ3v) is 5.04. The first-order valence-electron chi connectivity index (χ1n) is 10.2. The van der Waals surface area contributed by atoms with Crippen molar-refractivity contribution in [1.82, 2.24) is 20.0 Å². The van der Waals surface area contributed by atoms with E-state index in [1.54, 1.807) is 41.1 Å². The van der Waals surface area contributed by atoms with E-state index in [9.17, 15) is 4.79 Å². The Morgan fingerprint density at radius 1 is 0.906 bits per heavy atom. The number of ether oxygens (including phenoxy) is 1. The fourth-order valence-electron chi connectivity index (χ4n) is 3.24. The van der Waals surface area contributed by atoms with Crippen LogP contribution in [0, 0.1) is 27.7 Å². The first-order valence-corrected chi connectivity index (χ1v) is 10.2. The molecule has 0 aliphatic heterocycles. The lowest BCUT2D eigenvalue weighted by Gasteiger charge is -2.12. The monoisotopic (exact) mass is 428 g/mol. The Balaban J connectivity index is 1.37. The highest BCUT2D eigenvalue weighted by atomic mass is 16.5. The van der Waals surface area contributed by atoms with Gasteiger partial charge in [-0.15, -0.1) is 10.2 Å². The predicted molar refractivity (Wildman–Crippen MR) is 124 cm³/mol. The Hall–Kier alpha value is -4.20. The van der Waals surface area contributed by atoms with Crippen LogP contribution in [0.25, 0.3) is 5.82 Å². The van der Waals surface area contributed by atoms with Gasteiger partial charge in [0.1, 0.15) is 5.75 Å². The zero-order valence-corrected chi connectivity index (χ0v) is 18.4. The lowest BCUT2D eigenvalue weighted by molar-refractivity contribution is 0.262. The molecule has 0 aliphatic rings. The molecule has 2 N–H and O–H groups in total. The Labute approximate surface area is 186 Å². The second-order valence-corrected chi connectivity index (χ2v) is 7.52. The Bertz CT molecular complexity index is 1250. The minimum atomic E-state index is -0.307. The summed E-state index contributed by atoms with van der Waals surface area (Å²) in [5.74, 6) is 1.57. The number of hydrogen-bond donors (Lipinski definition) is 2. The molecule has 2 heterocycles. The van der Waals surface area contributed by atoms with Crippen molar-refractivity contribution in [3.63, 3.8) is 0 Å². The average Bonchev–Trinajstić information content (AvgIpc) is 3.11. The van der Waals surface area contributed by atoms with E-state index in [4.69, 9.17) is 4.74 Å². The molecular weight excluding hydrogens is 404 g/mol. The van der Waals surface area contributed by atoms with Crippen LogP contribution in [0.2, 0.25) is 0 Å². The van der Waals surface area contributed by atoms with Crippen molar-refractivity contribution in [2.24, 2.45) is 0 Å². The molecule has 0 atom stereocenters. The molecule has 0 unspecified atom stereocenters. The number of aryl methyl sites for hydroxylation is 3. The summed E-state index contributed by atoms with van der Waals surface area (Å²) < 4.78 is 7.49. The van der Waals surface area contributed by atoms with Gasteiger partial charge in [-0.05, 0) is 81.3 Å². The molecule has 8 heteroatoms. The van der Waals surface area contributed by atoms with Gasteiger partial charge >= 0.3 is 6.03 Å². The maximum Gasteiger partial charge on any atom is 0.323 e. The van der Waals surface area contributed by atoms with Crippen LogP contribution < -0.4 is 15.4 Å². The van der Waals surface area contributed by atoms with Gasteiger partial charge in [-0.2, -0.15) is 5.10 Å². The van der Waals surface area contributed by atoms with E-state index in [1.165, 1.54) is 0 Å². The van der Waals surface area contributed by atoms with E-state index in [0.29, 0.717) is 23.1 Å². The Morgan fingerprint density at radius 3 is 2.34 bits per heavy atom. The van der Waals surface area contributed by atoms with Crippen LogP contribution >= 0.6 is 0 Å². The van der Waals surface area contributed by atoms with Gasteiger partial charge in [0.25, 0.3) is 0 Å². The highest BCUT2D eigenvalue weighted by Crippen LogP contribution is 2.22. The lowest BCUT2D eigenvalue weighted by Crippen LogP contribution is -2.20. The number of hydrogen-bond acceptors (Lipinski definition) is 5. The van der Waals surface area contributed by atoms with Gasteiger partial charge in [0.15, 0.2) is 5.82 Å². The van der Waals surface area contributed by atoms with E-state index in [0.717, 1.165) is 28.2 Å². The minimum Gasteiger partial charge on any atom is -0.438 e. The lowest BCUT2D eigenvalue weighted by atomic mass is 10.1. The zero-order chi connectivity index (χ0) is 22.7. The van der Waals surface area contributed by atoms with E-state index >= 15 is 0 Å². The topological polar surface area (TPSA) is 94.0 Å². The summed E-state index contributed by atoms with van der Waals surface area (Å²) in [6.07, 6.45) is 0. The summed E-state index contributed by atoms with van der Waals surface area (Å²) in [6.45, 7) is 7.88. The molecule has 4 rings (SSSR count). The second kappa shape index (κ2) is 8.89. The van der Waals surface area contributed by atoms with Crippen molar-refractivity contribution in [1.29, 1.82) is 0 Å². The van der Waals surface area contributed by atoms with Crippen molar-refractivity contribution >= 4 is 17.4 Å². The highest BCUT2D eigenvalue weighted by Gasteiger charge is 2.08. The number of aromatic nitrogens is 4. The molecule has 162 valence electrons. The van der Waals surface area contributed by atoms with Gasteiger partial charge in [-0.3, -0.25) is 0 Å². The largest absolute Gasteiger partial charge is 0.438 e. The van der Waals surface area contributed by atoms with Crippen molar-refractivity contribution in [3.05, 3.63) is 83.2 Å². The SMILES string of the molecule is Cc1cc(C)n(-c2ccc(Oc3ccc(NC(=O)Nc4cccc(C)c4C)cc3)nn2)n1. The Morgan fingerprint density at radius 2 is 1.69 bits per heavy atom. The first kappa shape index (κ1) is 21.0. The van der Waals surface area contributed by atoms with Crippen LogP contribution in [0.4, 0.5) is 16.2 Å². The summed E-state index contributed by atoms with van der Waals surface area (Å²) in [5.41, 5.74) is 5.49. The van der Waals surface area contributed by atoms with Gasteiger partial charge in [0.05, 0.1) is 5.69 Å². The standard InChI is InChI=1S/C24H24N6O2/c1-15-6-5-7-21(18(15)4)26-24(31)25-19-8-10-20(11-9-19)32-23-13-12-22(27-28-23)30-17(3)14-16(2)29-30/h5-14H,1-4H3,(H2,25,26,31). The Kier molecular flexibility index (Phi) is 5.85. The van der Waals surface area contributed by atoms with Crippen LogP contribution in [-0.2, 0) is 0 Å². The zero-order valence-electron chi connectivity index (χ0n) is 18.4. The fourth-order valence-corrected chi connectivity index (χ4v) is 3.24. The van der Waals surface area contributed by atoms with Gasteiger partial charge in [0.2, 0.25) is 5.88 Å². The molecule has 0 saturated carbocycles. The predicted octanol–water partition coefficient (Wildman–Crippen LogP) is 5.33. The normalized spacial score (nSPS) is 10.6. The van der Waals surface area contributed by atoms with Crippen LogP contribution in [0.3, 0.4) is 0 Å². The maximum atomic E-state index is 12.3. The van der Waals surface area contributed by atoms with Gasteiger partial charge in [0, 0.05) is 23.1 Å². The molecule has 2 amide bonds. The van der Waals surface area contributed by atoms with Gasteiger partial charge in [-0.1, -0.05) is 12.1 Å². The number of nitrogens with one attached hydrogen (secondary N) is 2. The number of anilines is 2. The molecule has 2 aromatic carbocycles. The van der Waals surface area contributed by atoms with Gasteiger partial charge < -0.3 is 15.4 Å². The minimum absolute atomic E-state index is 0.307. The number of amides is 2. The quantitative estimate of drug-likeness (QED) is 0.448. The van der Waals surface area contributed by atoms with Gasteiger partial charge in [-0.25, -0.2) is 9.48 Å². The first-order chi connectivity index (χ1) is 15.4. The number of urea groups is 1. The summed E-state index contributed by atoms with van der Waals surface area (Å²) in [6, 6.07) is 18.0. The number of benzene rings is 2. The number of rotatable bonds is 5. The molecule has 0 saturated heterocycles. The third-order valence-electron chi connectivity index (χ3n) is 5.04. The second-order valence-electron chi connectivity index (χ2n) is 7.52. The van der Waals surface area contributed by atoms with E-state index < -0.39 is 0 Å². The molecule has 0 aliphatic carbocycles. The van der Waals surface area contributed by atoms with Crippen LogP contribution in [0.5, 0.6) is 11.6 Å². The third kappa shape index (κ3) is 4.75. The molecule has 2 aromatic heterocycles.